The zero-order chi connectivity index (χ0) is 11.8. The molecule has 0 aromatic heterocycles. The molecule has 2 aliphatic carbocycles. The zero-order valence-electron chi connectivity index (χ0n) is 10.8. The summed E-state index contributed by atoms with van der Waals surface area (Å²) >= 11 is 0. The monoisotopic (exact) mass is 236 g/mol. The van der Waals surface area contributed by atoms with Gasteiger partial charge in [-0.3, -0.25) is 0 Å². The predicted molar refractivity (Wildman–Crippen MR) is 67.7 cm³/mol. The Hall–Kier alpha value is -0.730. The van der Waals surface area contributed by atoms with Gasteiger partial charge in [0.25, 0.3) is 0 Å². The van der Waals surface area contributed by atoms with Crippen molar-refractivity contribution in [1.82, 2.24) is 10.2 Å². The van der Waals surface area contributed by atoms with Crippen LogP contribution in [0.1, 0.15) is 45.4 Å². The highest BCUT2D eigenvalue weighted by molar-refractivity contribution is 5.75. The fourth-order valence-corrected chi connectivity index (χ4v) is 4.22. The molecule has 1 saturated heterocycles. The second-order valence-corrected chi connectivity index (χ2v) is 6.08. The summed E-state index contributed by atoms with van der Waals surface area (Å²) in [6.07, 6.45) is 7.75. The average Bonchev–Trinajstić information content (AvgIpc) is 2.80. The van der Waals surface area contributed by atoms with Gasteiger partial charge in [0.05, 0.1) is 0 Å². The van der Waals surface area contributed by atoms with Crippen LogP contribution in [-0.4, -0.2) is 30.1 Å². The van der Waals surface area contributed by atoms with E-state index in [1.165, 1.54) is 32.1 Å². The van der Waals surface area contributed by atoms with Crippen molar-refractivity contribution in [1.29, 1.82) is 0 Å². The molecule has 0 radical (unpaired) electrons. The second-order valence-electron chi connectivity index (χ2n) is 6.08. The highest BCUT2D eigenvalue weighted by Gasteiger charge is 2.57. The van der Waals surface area contributed by atoms with Gasteiger partial charge in [-0.15, -0.1) is 0 Å². The summed E-state index contributed by atoms with van der Waals surface area (Å²) in [7, 11) is 0. The van der Waals surface area contributed by atoms with Crippen molar-refractivity contribution in [3.05, 3.63) is 0 Å². The van der Waals surface area contributed by atoms with Gasteiger partial charge < -0.3 is 10.2 Å². The molecule has 3 fully saturated rings. The zero-order valence-corrected chi connectivity index (χ0v) is 10.8. The summed E-state index contributed by atoms with van der Waals surface area (Å²) in [6, 6.07) is 0.815. The van der Waals surface area contributed by atoms with Crippen LogP contribution in [0, 0.1) is 17.8 Å². The van der Waals surface area contributed by atoms with Gasteiger partial charge in [-0.05, 0) is 37.5 Å². The molecule has 0 unspecified atom stereocenters. The average molecular weight is 236 g/mol. The third-order valence-electron chi connectivity index (χ3n) is 5.13. The van der Waals surface area contributed by atoms with Gasteiger partial charge in [0.2, 0.25) is 0 Å². The van der Waals surface area contributed by atoms with Crippen LogP contribution in [0.15, 0.2) is 0 Å². The smallest absolute Gasteiger partial charge is 0.317 e. The Bertz CT molecular complexity index is 303. The van der Waals surface area contributed by atoms with Crippen LogP contribution in [0.25, 0.3) is 0 Å². The molecule has 4 atom stereocenters. The van der Waals surface area contributed by atoms with Crippen LogP contribution in [0.3, 0.4) is 0 Å². The highest BCUT2D eigenvalue weighted by Crippen LogP contribution is 2.55. The van der Waals surface area contributed by atoms with E-state index in [1.54, 1.807) is 0 Å². The normalized spacial score (nSPS) is 37.8. The number of fused-ring (bicyclic) bond motifs is 5. The summed E-state index contributed by atoms with van der Waals surface area (Å²) in [5, 5.41) is 3.08. The molecule has 17 heavy (non-hydrogen) atoms. The van der Waals surface area contributed by atoms with Crippen molar-refractivity contribution in [2.75, 3.05) is 13.1 Å². The first kappa shape index (κ1) is 11.4. The first-order valence-electron chi connectivity index (χ1n) is 7.35. The topological polar surface area (TPSA) is 32.3 Å². The molecule has 3 rings (SSSR count). The lowest BCUT2D eigenvalue weighted by molar-refractivity contribution is 0.0123. The van der Waals surface area contributed by atoms with E-state index in [1.807, 2.05) is 0 Å². The summed E-state index contributed by atoms with van der Waals surface area (Å²) in [5.41, 5.74) is 0. The Morgan fingerprint density at radius 1 is 1.29 bits per heavy atom. The number of urea groups is 1. The first-order chi connectivity index (χ1) is 8.31. The van der Waals surface area contributed by atoms with Gasteiger partial charge in [0, 0.05) is 25.0 Å². The molecule has 0 spiro atoms. The lowest BCUT2D eigenvalue weighted by Crippen LogP contribution is -2.63. The summed E-state index contributed by atoms with van der Waals surface area (Å²) in [6.45, 7) is 4.08. The molecule has 3 heteroatoms. The van der Waals surface area contributed by atoms with Crippen molar-refractivity contribution < 1.29 is 4.79 Å². The van der Waals surface area contributed by atoms with Crippen LogP contribution in [0.4, 0.5) is 4.79 Å². The molecule has 0 aromatic rings. The minimum Gasteiger partial charge on any atom is -0.338 e. The maximum absolute atomic E-state index is 12.0. The maximum Gasteiger partial charge on any atom is 0.317 e. The van der Waals surface area contributed by atoms with E-state index >= 15 is 0 Å². The number of unbranched alkanes of at least 4 members (excludes halogenated alkanes) is 2. The second kappa shape index (κ2) is 4.51. The van der Waals surface area contributed by atoms with Gasteiger partial charge >= 0.3 is 6.03 Å². The van der Waals surface area contributed by atoms with E-state index in [0.29, 0.717) is 6.04 Å². The fraction of sp³-hybridized carbons (Fsp3) is 0.929. The number of amides is 2. The molecule has 1 heterocycles. The number of rotatable bonds is 4. The Kier molecular flexibility index (Phi) is 3.01. The van der Waals surface area contributed by atoms with Crippen LogP contribution >= 0.6 is 0 Å². The van der Waals surface area contributed by atoms with Crippen LogP contribution in [0.5, 0.6) is 0 Å². The van der Waals surface area contributed by atoms with Gasteiger partial charge in [0.1, 0.15) is 0 Å². The standard InChI is InChI=1S/C14H24N2O/c1-2-3-4-7-15-14(17)16-9-12-10-5-6-11(8-10)13(12)16/h10-13H,2-9H2,1H3,(H,15,17)/t10-,11-,12-,13+/m0/s1. The summed E-state index contributed by atoms with van der Waals surface area (Å²) in [5.74, 6) is 2.64. The van der Waals surface area contributed by atoms with Crippen molar-refractivity contribution in [3.63, 3.8) is 0 Å². The third kappa shape index (κ3) is 1.84. The molecular weight excluding hydrogens is 212 g/mol. The SMILES string of the molecule is CCCCCNC(=O)N1C[C@H]2[C@H]3CC[C@@H](C3)[C@H]21. The molecule has 2 amide bonds. The Labute approximate surface area is 104 Å². The van der Waals surface area contributed by atoms with Crippen molar-refractivity contribution >= 4 is 6.03 Å². The van der Waals surface area contributed by atoms with Crippen molar-refractivity contribution in [3.8, 4) is 0 Å². The van der Waals surface area contributed by atoms with E-state index in [4.69, 9.17) is 0 Å². The number of carbonyl (C=O) groups is 1. The van der Waals surface area contributed by atoms with Gasteiger partial charge in [-0.25, -0.2) is 4.79 Å². The quantitative estimate of drug-likeness (QED) is 0.748. The Morgan fingerprint density at radius 2 is 2.12 bits per heavy atom. The number of nitrogens with one attached hydrogen (secondary N) is 1. The third-order valence-corrected chi connectivity index (χ3v) is 5.13. The maximum atomic E-state index is 12.0. The minimum atomic E-state index is 0.204. The summed E-state index contributed by atoms with van der Waals surface area (Å²) in [4.78, 5) is 14.1. The largest absolute Gasteiger partial charge is 0.338 e. The van der Waals surface area contributed by atoms with E-state index in [-0.39, 0.29) is 6.03 Å². The predicted octanol–water partition coefficient (Wildman–Crippen LogP) is 2.62. The van der Waals surface area contributed by atoms with E-state index in [9.17, 15) is 4.79 Å². The van der Waals surface area contributed by atoms with Gasteiger partial charge in [0.15, 0.2) is 0 Å². The molecule has 2 bridgehead atoms. The van der Waals surface area contributed by atoms with E-state index in [0.717, 1.165) is 37.3 Å². The molecule has 3 aliphatic rings. The van der Waals surface area contributed by atoms with Gasteiger partial charge in [-0.1, -0.05) is 19.8 Å². The van der Waals surface area contributed by atoms with Gasteiger partial charge in [-0.2, -0.15) is 0 Å². The Balaban J connectivity index is 1.45. The summed E-state index contributed by atoms with van der Waals surface area (Å²) < 4.78 is 0. The van der Waals surface area contributed by atoms with Crippen molar-refractivity contribution in [2.24, 2.45) is 17.8 Å². The molecule has 96 valence electrons. The highest BCUT2D eigenvalue weighted by atomic mass is 16.2. The number of hydrogen-bond donors (Lipinski definition) is 1. The molecule has 1 aliphatic heterocycles. The minimum absolute atomic E-state index is 0.204. The first-order valence-corrected chi connectivity index (χ1v) is 7.35. The number of nitrogens with zero attached hydrogens (tertiary/aromatic N) is 1. The Morgan fingerprint density at radius 3 is 2.88 bits per heavy atom. The van der Waals surface area contributed by atoms with Crippen LogP contribution in [0.2, 0.25) is 0 Å². The fourth-order valence-electron chi connectivity index (χ4n) is 4.22. The molecular formula is C14H24N2O. The van der Waals surface area contributed by atoms with Crippen LogP contribution in [-0.2, 0) is 0 Å². The lowest BCUT2D eigenvalue weighted by atomic mass is 9.77. The lowest BCUT2D eigenvalue weighted by Gasteiger charge is -2.50. The van der Waals surface area contributed by atoms with Crippen molar-refractivity contribution in [2.45, 2.75) is 51.5 Å². The number of hydrogen-bond acceptors (Lipinski definition) is 1. The molecule has 3 nitrogen and oxygen atoms in total. The van der Waals surface area contributed by atoms with Crippen LogP contribution < -0.4 is 5.32 Å². The number of likely N-dealkylation sites (tertiary alicyclic amines) is 1. The molecule has 1 N–H and O–H groups in total. The van der Waals surface area contributed by atoms with E-state index in [2.05, 4.69) is 17.1 Å². The molecule has 2 saturated carbocycles. The molecule has 0 aromatic carbocycles. The number of carbonyl (C=O) groups excluding carboxylic acids is 1. The van der Waals surface area contributed by atoms with E-state index < -0.39 is 0 Å².